The number of carboxylic acids is 1. The van der Waals surface area contributed by atoms with Crippen molar-refractivity contribution in [1.29, 1.82) is 0 Å². The van der Waals surface area contributed by atoms with Crippen molar-refractivity contribution >= 4 is 23.1 Å². The lowest BCUT2D eigenvalue weighted by Crippen LogP contribution is -2.23. The lowest BCUT2D eigenvalue weighted by atomic mass is 9.96. The van der Waals surface area contributed by atoms with E-state index in [1.165, 1.54) is 5.56 Å². The van der Waals surface area contributed by atoms with Gasteiger partial charge in [-0.15, -0.1) is 0 Å². The van der Waals surface area contributed by atoms with Gasteiger partial charge in [0.2, 0.25) is 0 Å². The molecule has 1 aromatic carbocycles. The van der Waals surface area contributed by atoms with Gasteiger partial charge in [-0.3, -0.25) is 4.79 Å². The summed E-state index contributed by atoms with van der Waals surface area (Å²) in [5.74, 6) is -1.16. The van der Waals surface area contributed by atoms with Gasteiger partial charge in [0.05, 0.1) is 16.5 Å². The third kappa shape index (κ3) is 3.03. The third-order valence-corrected chi connectivity index (χ3v) is 5.22. The highest BCUT2D eigenvalue weighted by Crippen LogP contribution is 2.33. The second-order valence-electron chi connectivity index (χ2n) is 6.57. The van der Waals surface area contributed by atoms with Crippen LogP contribution in [-0.4, -0.2) is 20.5 Å². The summed E-state index contributed by atoms with van der Waals surface area (Å²) >= 11 is 5.79. The number of benzene rings is 1. The first kappa shape index (κ1) is 16.9. The maximum absolute atomic E-state index is 11.5. The average Bonchev–Trinajstić information content (AvgIpc) is 2.90. The smallest absolute Gasteiger partial charge is 0.312 e. The number of carboxylic acid groups (broad SMARTS) is 1. The number of aryl methyl sites for hydroxylation is 2. The number of fused-ring (bicyclic) bond motifs is 1. The van der Waals surface area contributed by atoms with Gasteiger partial charge in [-0.05, 0) is 48.9 Å². The van der Waals surface area contributed by atoms with Crippen molar-refractivity contribution in [1.82, 2.24) is 4.57 Å². The van der Waals surface area contributed by atoms with E-state index >= 15 is 0 Å². The molecule has 1 atom stereocenters. The van der Waals surface area contributed by atoms with Crippen LogP contribution in [0.25, 0.3) is 0 Å². The SMILES string of the molecule is CCCc1cccc(C(=S)c2c(C)cc3n2CCCC3C(=O)O)c1. The lowest BCUT2D eigenvalue weighted by Gasteiger charge is -2.24. The Balaban J connectivity index is 2.02. The summed E-state index contributed by atoms with van der Waals surface area (Å²) in [7, 11) is 0. The lowest BCUT2D eigenvalue weighted by molar-refractivity contribution is -0.139. The van der Waals surface area contributed by atoms with E-state index in [-0.39, 0.29) is 0 Å². The number of hydrogen-bond donors (Lipinski definition) is 1. The molecule has 1 aromatic heterocycles. The first-order valence-corrected chi connectivity index (χ1v) is 9.00. The molecule has 126 valence electrons. The molecule has 1 unspecified atom stereocenters. The van der Waals surface area contributed by atoms with Crippen LogP contribution in [0.3, 0.4) is 0 Å². The Morgan fingerprint density at radius 2 is 2.17 bits per heavy atom. The van der Waals surface area contributed by atoms with Gasteiger partial charge in [-0.1, -0.05) is 49.8 Å². The average molecular weight is 341 g/mol. The zero-order valence-corrected chi connectivity index (χ0v) is 15.0. The summed E-state index contributed by atoms with van der Waals surface area (Å²) < 4.78 is 2.13. The Hall–Kier alpha value is -1.94. The van der Waals surface area contributed by atoms with Crippen LogP contribution in [0, 0.1) is 6.92 Å². The van der Waals surface area contributed by atoms with Gasteiger partial charge in [0.25, 0.3) is 0 Å². The first-order valence-electron chi connectivity index (χ1n) is 8.59. The van der Waals surface area contributed by atoms with E-state index in [1.54, 1.807) is 0 Å². The van der Waals surface area contributed by atoms with Crippen molar-refractivity contribution in [3.05, 3.63) is 58.4 Å². The number of carbonyl (C=O) groups is 1. The van der Waals surface area contributed by atoms with Crippen LogP contribution in [0.2, 0.25) is 0 Å². The Morgan fingerprint density at radius 3 is 2.88 bits per heavy atom. The van der Waals surface area contributed by atoms with Crippen molar-refractivity contribution in [3.63, 3.8) is 0 Å². The first-order chi connectivity index (χ1) is 11.5. The van der Waals surface area contributed by atoms with E-state index in [4.69, 9.17) is 12.2 Å². The van der Waals surface area contributed by atoms with Gasteiger partial charge < -0.3 is 9.67 Å². The number of aliphatic carboxylic acids is 1. The zero-order chi connectivity index (χ0) is 17.3. The molecule has 0 radical (unpaired) electrons. The number of rotatable bonds is 5. The van der Waals surface area contributed by atoms with E-state index in [0.717, 1.165) is 53.2 Å². The minimum Gasteiger partial charge on any atom is -0.481 e. The van der Waals surface area contributed by atoms with Gasteiger partial charge in [0.1, 0.15) is 0 Å². The number of nitrogens with zero attached hydrogens (tertiary/aromatic N) is 1. The molecule has 0 aliphatic carbocycles. The molecule has 0 bridgehead atoms. The van der Waals surface area contributed by atoms with Gasteiger partial charge in [0.15, 0.2) is 0 Å². The van der Waals surface area contributed by atoms with Crippen molar-refractivity contribution in [2.75, 3.05) is 0 Å². The van der Waals surface area contributed by atoms with Crippen molar-refractivity contribution < 1.29 is 9.90 Å². The molecule has 24 heavy (non-hydrogen) atoms. The highest BCUT2D eigenvalue weighted by molar-refractivity contribution is 7.81. The van der Waals surface area contributed by atoms with Crippen LogP contribution in [0.15, 0.2) is 30.3 Å². The monoisotopic (exact) mass is 341 g/mol. The Labute approximate surface area is 148 Å². The maximum Gasteiger partial charge on any atom is 0.312 e. The van der Waals surface area contributed by atoms with Crippen LogP contribution in [0.4, 0.5) is 0 Å². The predicted octanol–water partition coefficient (Wildman–Crippen LogP) is 4.48. The topological polar surface area (TPSA) is 42.2 Å². The molecule has 1 N–H and O–H groups in total. The fraction of sp³-hybridized carbons (Fsp3) is 0.400. The van der Waals surface area contributed by atoms with Gasteiger partial charge >= 0.3 is 5.97 Å². The van der Waals surface area contributed by atoms with E-state index < -0.39 is 11.9 Å². The van der Waals surface area contributed by atoms with Crippen LogP contribution < -0.4 is 0 Å². The van der Waals surface area contributed by atoms with Crippen LogP contribution >= 0.6 is 12.2 Å². The molecule has 3 nitrogen and oxygen atoms in total. The highest BCUT2D eigenvalue weighted by atomic mass is 32.1. The molecule has 0 saturated carbocycles. The van der Waals surface area contributed by atoms with E-state index in [9.17, 15) is 9.90 Å². The van der Waals surface area contributed by atoms with Crippen LogP contribution in [0.1, 0.15) is 60.2 Å². The Kier molecular flexibility index (Phi) is 4.86. The fourth-order valence-electron chi connectivity index (χ4n) is 3.69. The standard InChI is InChI=1S/C20H23NO2S/c1-3-6-14-7-4-8-15(12-14)19(24)18-13(2)11-17-16(20(22)23)9-5-10-21(17)18/h4,7-8,11-12,16H,3,5-6,9-10H2,1-2H3,(H,22,23). The molecular weight excluding hydrogens is 318 g/mol. The molecule has 2 heterocycles. The maximum atomic E-state index is 11.5. The summed E-state index contributed by atoms with van der Waals surface area (Å²) in [6.07, 6.45) is 3.74. The van der Waals surface area contributed by atoms with Gasteiger partial charge in [-0.25, -0.2) is 0 Å². The number of thiocarbonyl (C=S) groups is 1. The third-order valence-electron chi connectivity index (χ3n) is 4.79. The fourth-order valence-corrected chi connectivity index (χ4v) is 4.08. The molecule has 4 heteroatoms. The molecule has 1 aliphatic rings. The molecule has 0 spiro atoms. The summed E-state index contributed by atoms with van der Waals surface area (Å²) in [5.41, 5.74) is 5.33. The predicted molar refractivity (Wildman–Crippen MR) is 100 cm³/mol. The molecule has 0 fully saturated rings. The number of hydrogen-bond acceptors (Lipinski definition) is 2. The number of aromatic nitrogens is 1. The molecule has 0 saturated heterocycles. The molecule has 3 rings (SSSR count). The molecule has 1 aliphatic heterocycles. The normalized spacial score (nSPS) is 16.7. The molecule has 0 amide bonds. The minimum absolute atomic E-state index is 0.416. The summed E-state index contributed by atoms with van der Waals surface area (Å²) in [6, 6.07) is 10.4. The van der Waals surface area contributed by atoms with Gasteiger partial charge in [0, 0.05) is 12.2 Å². The summed E-state index contributed by atoms with van der Waals surface area (Å²) in [6.45, 7) is 5.05. The van der Waals surface area contributed by atoms with Gasteiger partial charge in [-0.2, -0.15) is 0 Å². The van der Waals surface area contributed by atoms with Crippen LogP contribution in [0.5, 0.6) is 0 Å². The van der Waals surface area contributed by atoms with Crippen molar-refractivity contribution in [2.24, 2.45) is 0 Å². The largest absolute Gasteiger partial charge is 0.481 e. The Bertz CT molecular complexity index is 791. The second-order valence-corrected chi connectivity index (χ2v) is 6.97. The second kappa shape index (κ2) is 6.89. The van der Waals surface area contributed by atoms with E-state index in [2.05, 4.69) is 35.8 Å². The van der Waals surface area contributed by atoms with E-state index in [0.29, 0.717) is 6.42 Å². The minimum atomic E-state index is -0.740. The van der Waals surface area contributed by atoms with Crippen molar-refractivity contribution in [3.8, 4) is 0 Å². The summed E-state index contributed by atoms with van der Waals surface area (Å²) in [5, 5.41) is 9.49. The van der Waals surface area contributed by atoms with Crippen LogP contribution in [-0.2, 0) is 17.8 Å². The quantitative estimate of drug-likeness (QED) is 0.644. The molecular formula is C20H23NO2S. The summed E-state index contributed by atoms with van der Waals surface area (Å²) in [4.78, 5) is 12.4. The Morgan fingerprint density at radius 1 is 1.38 bits per heavy atom. The molecule has 2 aromatic rings. The van der Waals surface area contributed by atoms with E-state index in [1.807, 2.05) is 13.0 Å². The highest BCUT2D eigenvalue weighted by Gasteiger charge is 2.30. The zero-order valence-electron chi connectivity index (χ0n) is 14.2. The van der Waals surface area contributed by atoms with Crippen molar-refractivity contribution in [2.45, 2.75) is 52.0 Å².